The Morgan fingerprint density at radius 2 is 2.15 bits per heavy atom. The SMILES string of the molecule is O=c1[nH]c2cc(CN3CCN(c4cnccn4)C3)ccc2c2c1CCCN2. The summed E-state index contributed by atoms with van der Waals surface area (Å²) < 4.78 is 0. The van der Waals surface area contributed by atoms with E-state index >= 15 is 0 Å². The van der Waals surface area contributed by atoms with E-state index in [2.05, 4.69) is 48.3 Å². The predicted octanol–water partition coefficient (Wildman–Crippen LogP) is 1.96. The van der Waals surface area contributed by atoms with Crippen LogP contribution in [0.3, 0.4) is 0 Å². The lowest BCUT2D eigenvalue weighted by Crippen LogP contribution is -2.25. The second-order valence-electron chi connectivity index (χ2n) is 7.24. The first-order valence-electron chi connectivity index (χ1n) is 9.43. The minimum atomic E-state index is 0.0387. The molecule has 3 aromatic rings. The Balaban J connectivity index is 1.38. The van der Waals surface area contributed by atoms with Crippen molar-refractivity contribution in [2.45, 2.75) is 19.4 Å². The van der Waals surface area contributed by atoms with Crippen molar-refractivity contribution in [2.24, 2.45) is 0 Å². The molecule has 2 N–H and O–H groups in total. The van der Waals surface area contributed by atoms with E-state index in [1.807, 2.05) is 0 Å². The largest absolute Gasteiger partial charge is 0.384 e. The number of aromatic amines is 1. The standard InChI is InChI=1S/C20H22N6O/c27-20-16-2-1-5-23-19(16)15-4-3-14(10-17(15)24-20)12-25-8-9-26(13-25)18-11-21-6-7-22-18/h3-4,6-7,10-11,23H,1-2,5,8-9,12-13H2,(H,24,27). The molecule has 1 fully saturated rings. The number of nitrogens with zero attached hydrogens (tertiary/aromatic N) is 4. The summed E-state index contributed by atoms with van der Waals surface area (Å²) >= 11 is 0. The van der Waals surface area contributed by atoms with E-state index in [-0.39, 0.29) is 5.56 Å². The number of pyridine rings is 1. The molecule has 0 radical (unpaired) electrons. The lowest BCUT2D eigenvalue weighted by molar-refractivity contribution is 0.334. The van der Waals surface area contributed by atoms with Crippen LogP contribution in [0.4, 0.5) is 11.5 Å². The summed E-state index contributed by atoms with van der Waals surface area (Å²) in [7, 11) is 0. The van der Waals surface area contributed by atoms with Gasteiger partial charge in [-0.15, -0.1) is 0 Å². The lowest BCUT2D eigenvalue weighted by atomic mass is 10.0. The summed E-state index contributed by atoms with van der Waals surface area (Å²) in [5, 5.41) is 4.52. The molecule has 2 aliphatic heterocycles. The summed E-state index contributed by atoms with van der Waals surface area (Å²) in [4.78, 5) is 28.6. The molecule has 1 aromatic carbocycles. The van der Waals surface area contributed by atoms with Gasteiger partial charge in [-0.25, -0.2) is 4.98 Å². The van der Waals surface area contributed by atoms with Gasteiger partial charge in [-0.3, -0.25) is 14.7 Å². The van der Waals surface area contributed by atoms with Crippen LogP contribution in [-0.4, -0.2) is 46.2 Å². The monoisotopic (exact) mass is 362 g/mol. The summed E-state index contributed by atoms with van der Waals surface area (Å²) in [6, 6.07) is 6.41. The van der Waals surface area contributed by atoms with Gasteiger partial charge in [0.2, 0.25) is 0 Å². The molecule has 0 atom stereocenters. The van der Waals surface area contributed by atoms with Crippen LogP contribution in [-0.2, 0) is 13.0 Å². The zero-order chi connectivity index (χ0) is 18.2. The first-order valence-corrected chi connectivity index (χ1v) is 9.43. The summed E-state index contributed by atoms with van der Waals surface area (Å²) in [6.45, 7) is 4.54. The van der Waals surface area contributed by atoms with Crippen LogP contribution in [0.25, 0.3) is 10.9 Å². The molecule has 27 heavy (non-hydrogen) atoms. The van der Waals surface area contributed by atoms with E-state index in [1.54, 1.807) is 18.6 Å². The van der Waals surface area contributed by atoms with Crippen LogP contribution >= 0.6 is 0 Å². The van der Waals surface area contributed by atoms with Crippen molar-refractivity contribution in [2.75, 3.05) is 36.5 Å². The van der Waals surface area contributed by atoms with Gasteiger partial charge in [0, 0.05) is 49.5 Å². The maximum absolute atomic E-state index is 12.4. The molecular weight excluding hydrogens is 340 g/mol. The number of hydrogen-bond donors (Lipinski definition) is 2. The normalized spacial score (nSPS) is 17.1. The highest BCUT2D eigenvalue weighted by Gasteiger charge is 2.22. The Hall–Kier alpha value is -2.93. The van der Waals surface area contributed by atoms with Crippen molar-refractivity contribution in [3.63, 3.8) is 0 Å². The molecule has 1 saturated heterocycles. The van der Waals surface area contributed by atoms with E-state index in [4.69, 9.17) is 0 Å². The number of anilines is 2. The van der Waals surface area contributed by atoms with E-state index in [0.29, 0.717) is 0 Å². The van der Waals surface area contributed by atoms with Crippen molar-refractivity contribution in [1.29, 1.82) is 0 Å². The zero-order valence-electron chi connectivity index (χ0n) is 15.1. The summed E-state index contributed by atoms with van der Waals surface area (Å²) in [6.07, 6.45) is 7.09. The predicted molar refractivity (Wildman–Crippen MR) is 106 cm³/mol. The topological polar surface area (TPSA) is 77.2 Å². The maximum Gasteiger partial charge on any atom is 0.253 e. The van der Waals surface area contributed by atoms with Gasteiger partial charge >= 0.3 is 0 Å². The fourth-order valence-corrected chi connectivity index (χ4v) is 4.08. The molecule has 2 aromatic heterocycles. The molecule has 0 saturated carbocycles. The van der Waals surface area contributed by atoms with E-state index in [9.17, 15) is 4.79 Å². The van der Waals surface area contributed by atoms with Gasteiger partial charge in [-0.05, 0) is 24.5 Å². The Morgan fingerprint density at radius 1 is 1.19 bits per heavy atom. The second-order valence-corrected chi connectivity index (χ2v) is 7.24. The van der Waals surface area contributed by atoms with Crippen molar-refractivity contribution in [3.8, 4) is 0 Å². The third-order valence-corrected chi connectivity index (χ3v) is 5.42. The Kier molecular flexibility index (Phi) is 4.01. The minimum Gasteiger partial charge on any atom is -0.384 e. The molecule has 0 unspecified atom stereocenters. The van der Waals surface area contributed by atoms with Crippen molar-refractivity contribution in [1.82, 2.24) is 19.9 Å². The van der Waals surface area contributed by atoms with Gasteiger partial charge < -0.3 is 15.2 Å². The van der Waals surface area contributed by atoms with Crippen LogP contribution < -0.4 is 15.8 Å². The van der Waals surface area contributed by atoms with Crippen molar-refractivity contribution in [3.05, 3.63) is 58.3 Å². The Morgan fingerprint density at radius 3 is 3.04 bits per heavy atom. The molecule has 7 nitrogen and oxygen atoms in total. The number of benzene rings is 1. The van der Waals surface area contributed by atoms with E-state index in [0.717, 1.165) is 73.7 Å². The number of H-pyrrole nitrogens is 1. The average molecular weight is 362 g/mol. The fraction of sp³-hybridized carbons (Fsp3) is 0.350. The van der Waals surface area contributed by atoms with Crippen LogP contribution in [0, 0.1) is 0 Å². The number of hydrogen-bond acceptors (Lipinski definition) is 6. The molecule has 0 spiro atoms. The van der Waals surface area contributed by atoms with Gasteiger partial charge in [-0.2, -0.15) is 0 Å². The van der Waals surface area contributed by atoms with Gasteiger partial charge in [0.05, 0.1) is 24.1 Å². The second kappa shape index (κ2) is 6.66. The van der Waals surface area contributed by atoms with Crippen molar-refractivity contribution >= 4 is 22.4 Å². The summed E-state index contributed by atoms with van der Waals surface area (Å²) in [5.74, 6) is 0.917. The highest BCUT2D eigenvalue weighted by Crippen LogP contribution is 2.28. The number of nitrogens with one attached hydrogen (secondary N) is 2. The molecule has 4 heterocycles. The van der Waals surface area contributed by atoms with Crippen molar-refractivity contribution < 1.29 is 0 Å². The molecule has 0 amide bonds. The Labute approximate surface area is 157 Å². The molecule has 2 aliphatic rings. The first-order chi connectivity index (χ1) is 13.3. The smallest absolute Gasteiger partial charge is 0.253 e. The highest BCUT2D eigenvalue weighted by molar-refractivity contribution is 5.93. The molecule has 0 bridgehead atoms. The molecule has 138 valence electrons. The van der Waals surface area contributed by atoms with Gasteiger partial charge in [0.15, 0.2) is 0 Å². The number of fused-ring (bicyclic) bond motifs is 3. The molecule has 5 rings (SSSR count). The Bertz CT molecular complexity index is 1030. The molecule has 0 aliphatic carbocycles. The van der Waals surface area contributed by atoms with Crippen LogP contribution in [0.1, 0.15) is 17.5 Å². The van der Waals surface area contributed by atoms with Gasteiger partial charge in [0.25, 0.3) is 5.56 Å². The maximum atomic E-state index is 12.4. The van der Waals surface area contributed by atoms with Gasteiger partial charge in [0.1, 0.15) is 5.82 Å². The van der Waals surface area contributed by atoms with Crippen LogP contribution in [0.5, 0.6) is 0 Å². The van der Waals surface area contributed by atoms with Crippen LogP contribution in [0.15, 0.2) is 41.6 Å². The third kappa shape index (κ3) is 3.04. The quantitative estimate of drug-likeness (QED) is 0.742. The zero-order valence-corrected chi connectivity index (χ0v) is 15.1. The number of aromatic nitrogens is 3. The molecule has 7 heteroatoms. The number of rotatable bonds is 3. The average Bonchev–Trinajstić information content (AvgIpc) is 3.17. The summed E-state index contributed by atoms with van der Waals surface area (Å²) in [5.41, 5.74) is 4.06. The first kappa shape index (κ1) is 16.3. The lowest BCUT2D eigenvalue weighted by Gasteiger charge is -2.20. The molecular formula is C20H22N6O. The van der Waals surface area contributed by atoms with E-state index in [1.165, 1.54) is 5.56 Å². The third-order valence-electron chi connectivity index (χ3n) is 5.42. The minimum absolute atomic E-state index is 0.0387. The fourth-order valence-electron chi connectivity index (χ4n) is 4.08. The van der Waals surface area contributed by atoms with Gasteiger partial charge in [-0.1, -0.05) is 12.1 Å². The highest BCUT2D eigenvalue weighted by atomic mass is 16.1. The van der Waals surface area contributed by atoms with Crippen LogP contribution in [0.2, 0.25) is 0 Å². The van der Waals surface area contributed by atoms with E-state index < -0.39 is 0 Å².